The number of anilines is 1. The van der Waals surface area contributed by atoms with Crippen molar-refractivity contribution in [2.75, 3.05) is 25.5 Å². The fraction of sp³-hybridized carbons (Fsp3) is 0.333. The molecule has 0 saturated carbocycles. The lowest BCUT2D eigenvalue weighted by atomic mass is 9.93. The van der Waals surface area contributed by atoms with Crippen molar-refractivity contribution in [3.8, 4) is 0 Å². The van der Waals surface area contributed by atoms with Crippen LogP contribution in [0.15, 0.2) is 53.9 Å². The summed E-state index contributed by atoms with van der Waals surface area (Å²) in [6.45, 7) is 2.62. The van der Waals surface area contributed by atoms with Crippen LogP contribution in [0.4, 0.5) is 14.9 Å². The maximum absolute atomic E-state index is 14.8. The number of hydrogen-bond donors (Lipinski definition) is 4. The molecule has 1 fully saturated rings. The molecule has 5 rings (SSSR count). The van der Waals surface area contributed by atoms with Crippen LogP contribution in [0.5, 0.6) is 0 Å². The van der Waals surface area contributed by atoms with E-state index in [0.29, 0.717) is 30.1 Å². The van der Waals surface area contributed by atoms with E-state index in [2.05, 4.69) is 26.1 Å². The normalized spacial score (nSPS) is 19.6. The minimum absolute atomic E-state index is 0.0881. The number of nitrogens with one attached hydrogen (secondary N) is 4. The van der Waals surface area contributed by atoms with Crippen molar-refractivity contribution in [1.82, 2.24) is 25.7 Å². The van der Waals surface area contributed by atoms with Gasteiger partial charge in [-0.1, -0.05) is 6.07 Å². The highest BCUT2D eigenvalue weighted by atomic mass is 19.1. The Kier molecular flexibility index (Phi) is 7.10. The Morgan fingerprint density at radius 2 is 2.05 bits per heavy atom. The smallest absolute Gasteiger partial charge is 0.319 e. The van der Waals surface area contributed by atoms with Crippen molar-refractivity contribution in [3.05, 3.63) is 70.8 Å². The van der Waals surface area contributed by atoms with Gasteiger partial charge in [0.25, 0.3) is 11.8 Å². The largest absolute Gasteiger partial charge is 0.376 e. The molecule has 4 N–H and O–H groups in total. The van der Waals surface area contributed by atoms with Gasteiger partial charge in [0.2, 0.25) is 0 Å². The Hall–Kier alpha value is -4.25. The second-order valence-electron chi connectivity index (χ2n) is 9.61. The lowest BCUT2D eigenvalue weighted by Crippen LogP contribution is -2.46. The average molecular weight is 521 g/mol. The van der Waals surface area contributed by atoms with Crippen molar-refractivity contribution in [2.45, 2.75) is 38.3 Å². The first-order valence-electron chi connectivity index (χ1n) is 12.5. The molecule has 38 heavy (non-hydrogen) atoms. The van der Waals surface area contributed by atoms with Gasteiger partial charge in [0.1, 0.15) is 5.82 Å². The molecule has 3 aromatic rings. The number of aromatic nitrogens is 2. The van der Waals surface area contributed by atoms with Crippen LogP contribution < -0.4 is 16.0 Å². The molecule has 0 bridgehead atoms. The molecular weight excluding hydrogens is 491 g/mol. The van der Waals surface area contributed by atoms with E-state index in [0.717, 1.165) is 30.2 Å². The molecule has 198 valence electrons. The first-order chi connectivity index (χ1) is 18.3. The number of nitrogens with zero attached hydrogens (tertiary/aromatic N) is 2. The first-order valence-corrected chi connectivity index (χ1v) is 12.5. The van der Waals surface area contributed by atoms with Gasteiger partial charge < -0.3 is 25.6 Å². The summed E-state index contributed by atoms with van der Waals surface area (Å²) in [5, 5.41) is 15.9. The summed E-state index contributed by atoms with van der Waals surface area (Å²) < 4.78 is 20.6. The maximum atomic E-state index is 14.8. The van der Waals surface area contributed by atoms with Crippen LogP contribution in [-0.2, 0) is 9.53 Å². The fourth-order valence-corrected chi connectivity index (χ4v) is 4.90. The highest BCUT2D eigenvalue weighted by Gasteiger charge is 2.32. The van der Waals surface area contributed by atoms with Gasteiger partial charge in [0.05, 0.1) is 35.0 Å². The third kappa shape index (κ3) is 5.23. The van der Waals surface area contributed by atoms with Crippen molar-refractivity contribution in [3.63, 3.8) is 0 Å². The standard InChI is InChI=1S/C27H29FN6O4/c1-15-23(25(35)31-18-7-9-22-17(11-18)13-29-33-22)24(32-27(37)30-15)16-6-8-21(28)20(12-16)26(36)34(2)14-19-5-3-4-10-38-19/h6-9,11-13,19,24H,3-5,10,14H2,1-2H3,(H,29,33)(H,31,35)(H2,30,32,37). The van der Waals surface area contributed by atoms with Gasteiger partial charge in [-0.15, -0.1) is 0 Å². The number of rotatable bonds is 6. The molecule has 11 heteroatoms. The molecule has 1 aromatic heterocycles. The number of urea groups is 1. The maximum Gasteiger partial charge on any atom is 0.319 e. The van der Waals surface area contributed by atoms with Gasteiger partial charge in [0.15, 0.2) is 0 Å². The van der Waals surface area contributed by atoms with Gasteiger partial charge in [-0.25, -0.2) is 9.18 Å². The van der Waals surface area contributed by atoms with E-state index in [1.165, 1.54) is 23.1 Å². The molecule has 0 aliphatic carbocycles. The molecule has 1 saturated heterocycles. The number of ether oxygens (including phenoxy) is 1. The minimum Gasteiger partial charge on any atom is -0.376 e. The topological polar surface area (TPSA) is 128 Å². The second kappa shape index (κ2) is 10.6. The summed E-state index contributed by atoms with van der Waals surface area (Å²) in [7, 11) is 1.61. The van der Waals surface area contributed by atoms with Crippen LogP contribution in [0.1, 0.15) is 48.1 Å². The SMILES string of the molecule is CC1=C(C(=O)Nc2ccc3[nH]ncc3c2)C(c2ccc(F)c(C(=O)N(C)CC3CCCCO3)c2)NC(=O)N1. The lowest BCUT2D eigenvalue weighted by Gasteiger charge is -2.30. The number of H-pyrrole nitrogens is 1. The Morgan fingerprint density at radius 1 is 1.21 bits per heavy atom. The van der Waals surface area contributed by atoms with Crippen LogP contribution in [0.2, 0.25) is 0 Å². The average Bonchev–Trinajstić information content (AvgIpc) is 3.36. The minimum atomic E-state index is -0.902. The van der Waals surface area contributed by atoms with Crippen molar-refractivity contribution in [2.24, 2.45) is 0 Å². The van der Waals surface area contributed by atoms with Crippen LogP contribution in [0, 0.1) is 5.82 Å². The number of hydrogen-bond acceptors (Lipinski definition) is 5. The van der Waals surface area contributed by atoms with E-state index in [4.69, 9.17) is 4.74 Å². The number of benzene rings is 2. The third-order valence-electron chi connectivity index (χ3n) is 6.86. The fourth-order valence-electron chi connectivity index (χ4n) is 4.90. The van der Waals surface area contributed by atoms with E-state index in [-0.39, 0.29) is 17.2 Å². The van der Waals surface area contributed by atoms with Crippen molar-refractivity contribution < 1.29 is 23.5 Å². The summed E-state index contributed by atoms with van der Waals surface area (Å²) in [5.74, 6) is -1.64. The zero-order valence-corrected chi connectivity index (χ0v) is 21.1. The van der Waals surface area contributed by atoms with Crippen LogP contribution in [-0.4, -0.2) is 59.2 Å². The number of fused-ring (bicyclic) bond motifs is 1. The number of carbonyl (C=O) groups excluding carboxylic acids is 3. The number of allylic oxidation sites excluding steroid dienone is 1. The van der Waals surface area contributed by atoms with Crippen LogP contribution in [0.25, 0.3) is 10.9 Å². The summed E-state index contributed by atoms with van der Waals surface area (Å²) >= 11 is 0. The van der Waals surface area contributed by atoms with E-state index >= 15 is 0 Å². The third-order valence-corrected chi connectivity index (χ3v) is 6.86. The Morgan fingerprint density at radius 3 is 2.84 bits per heavy atom. The van der Waals surface area contributed by atoms with Crippen LogP contribution in [0.3, 0.4) is 0 Å². The molecule has 3 heterocycles. The van der Waals surface area contributed by atoms with E-state index in [1.54, 1.807) is 38.4 Å². The Bertz CT molecular complexity index is 1430. The number of likely N-dealkylation sites (N-methyl/N-ethyl adjacent to an activating group) is 1. The summed E-state index contributed by atoms with van der Waals surface area (Å²) in [6, 6.07) is 7.93. The van der Waals surface area contributed by atoms with Gasteiger partial charge in [0, 0.05) is 37.0 Å². The predicted octanol–water partition coefficient (Wildman–Crippen LogP) is 3.61. The molecule has 4 amide bonds. The lowest BCUT2D eigenvalue weighted by molar-refractivity contribution is -0.113. The highest BCUT2D eigenvalue weighted by Crippen LogP contribution is 2.30. The zero-order valence-electron chi connectivity index (χ0n) is 21.1. The highest BCUT2D eigenvalue weighted by molar-refractivity contribution is 6.07. The second-order valence-corrected chi connectivity index (χ2v) is 9.61. The number of carbonyl (C=O) groups is 3. The Labute approximate surface area is 218 Å². The first kappa shape index (κ1) is 25.4. The predicted molar refractivity (Wildman–Crippen MR) is 139 cm³/mol. The van der Waals surface area contributed by atoms with Crippen molar-refractivity contribution in [1.29, 1.82) is 0 Å². The Balaban J connectivity index is 1.40. The number of aromatic amines is 1. The molecule has 0 radical (unpaired) electrons. The van der Waals surface area contributed by atoms with Gasteiger partial charge in [-0.2, -0.15) is 5.10 Å². The van der Waals surface area contributed by atoms with Gasteiger partial charge in [-0.3, -0.25) is 14.7 Å². The quantitative estimate of drug-likeness (QED) is 0.395. The van der Waals surface area contributed by atoms with Crippen LogP contribution >= 0.6 is 0 Å². The molecule has 2 aromatic carbocycles. The molecule has 10 nitrogen and oxygen atoms in total. The molecule has 2 unspecified atom stereocenters. The summed E-state index contributed by atoms with van der Waals surface area (Å²) in [5.41, 5.74) is 2.22. The van der Waals surface area contributed by atoms with E-state index in [1.807, 2.05) is 0 Å². The monoisotopic (exact) mass is 520 g/mol. The molecule has 2 aliphatic heterocycles. The number of amides is 4. The molecule has 2 aliphatic rings. The van der Waals surface area contributed by atoms with E-state index in [9.17, 15) is 18.8 Å². The zero-order chi connectivity index (χ0) is 26.8. The molecule has 0 spiro atoms. The summed E-state index contributed by atoms with van der Waals surface area (Å²) in [4.78, 5) is 40.4. The van der Waals surface area contributed by atoms with Crippen molar-refractivity contribution >= 4 is 34.4 Å². The van der Waals surface area contributed by atoms with E-state index < -0.39 is 29.7 Å². The molecule has 2 atom stereocenters. The number of halogens is 1. The van der Waals surface area contributed by atoms with Gasteiger partial charge in [-0.05, 0) is 62.1 Å². The summed E-state index contributed by atoms with van der Waals surface area (Å²) in [6.07, 6.45) is 4.42. The van der Waals surface area contributed by atoms with Gasteiger partial charge >= 0.3 is 6.03 Å². The molecular formula is C27H29FN6O4.